The molecular formula is C10H10BrClO2. The topological polar surface area (TPSA) is 21.8 Å². The Morgan fingerprint density at radius 3 is 2.86 bits per heavy atom. The third kappa shape index (κ3) is 2.41. The minimum atomic E-state index is 0.248. The van der Waals surface area contributed by atoms with Crippen molar-refractivity contribution in [3.05, 3.63) is 27.7 Å². The Bertz CT molecular complexity index is 343. The monoisotopic (exact) mass is 276 g/mol. The van der Waals surface area contributed by atoms with Crippen LogP contribution in [0.5, 0.6) is 5.75 Å². The molecule has 0 aromatic heterocycles. The van der Waals surface area contributed by atoms with E-state index in [1.807, 2.05) is 19.1 Å². The van der Waals surface area contributed by atoms with Gasteiger partial charge in [-0.2, -0.15) is 0 Å². The molecule has 1 saturated heterocycles. The molecule has 4 heteroatoms. The lowest BCUT2D eigenvalue weighted by Crippen LogP contribution is -2.06. The summed E-state index contributed by atoms with van der Waals surface area (Å²) in [4.78, 5) is 0. The molecule has 1 aliphatic heterocycles. The van der Waals surface area contributed by atoms with Gasteiger partial charge < -0.3 is 9.47 Å². The predicted octanol–water partition coefficient (Wildman–Crippen LogP) is 3.27. The number of rotatable bonds is 3. The van der Waals surface area contributed by atoms with E-state index in [4.69, 9.17) is 21.1 Å². The molecular weight excluding hydrogens is 267 g/mol. The number of ether oxygens (including phenoxy) is 2. The van der Waals surface area contributed by atoms with Gasteiger partial charge in [0.15, 0.2) is 0 Å². The molecule has 0 spiro atoms. The van der Waals surface area contributed by atoms with Crippen LogP contribution in [0.25, 0.3) is 0 Å². The van der Waals surface area contributed by atoms with E-state index in [2.05, 4.69) is 15.9 Å². The zero-order valence-corrected chi connectivity index (χ0v) is 10.0. The lowest BCUT2D eigenvalue weighted by Gasteiger charge is -2.06. The highest BCUT2D eigenvalue weighted by atomic mass is 79.9. The molecule has 1 aromatic rings. The first-order valence-corrected chi connectivity index (χ1v) is 5.57. The fourth-order valence-corrected chi connectivity index (χ4v) is 1.97. The summed E-state index contributed by atoms with van der Waals surface area (Å²) in [5.74, 6) is 0.803. The van der Waals surface area contributed by atoms with E-state index in [0.717, 1.165) is 10.2 Å². The summed E-state index contributed by atoms with van der Waals surface area (Å²) in [6, 6.07) is 5.46. The van der Waals surface area contributed by atoms with Crippen molar-refractivity contribution in [2.75, 3.05) is 6.61 Å². The van der Waals surface area contributed by atoms with Gasteiger partial charge >= 0.3 is 0 Å². The first-order valence-electron chi connectivity index (χ1n) is 4.40. The van der Waals surface area contributed by atoms with Crippen molar-refractivity contribution >= 4 is 27.5 Å². The van der Waals surface area contributed by atoms with E-state index >= 15 is 0 Å². The lowest BCUT2D eigenvalue weighted by atomic mass is 10.3. The van der Waals surface area contributed by atoms with E-state index in [1.54, 1.807) is 6.07 Å². The van der Waals surface area contributed by atoms with Crippen LogP contribution in [0.15, 0.2) is 22.7 Å². The molecule has 1 aliphatic rings. The first kappa shape index (κ1) is 10.3. The molecule has 2 nitrogen and oxygen atoms in total. The highest BCUT2D eigenvalue weighted by Crippen LogP contribution is 2.29. The summed E-state index contributed by atoms with van der Waals surface area (Å²) in [6.45, 7) is 2.63. The van der Waals surface area contributed by atoms with Crippen LogP contribution >= 0.6 is 27.5 Å². The number of hydrogen-bond acceptors (Lipinski definition) is 2. The van der Waals surface area contributed by atoms with E-state index in [-0.39, 0.29) is 6.10 Å². The van der Waals surface area contributed by atoms with Crippen LogP contribution in [-0.2, 0) is 4.74 Å². The Labute approximate surface area is 96.3 Å². The van der Waals surface area contributed by atoms with Crippen molar-refractivity contribution in [2.24, 2.45) is 0 Å². The maximum absolute atomic E-state index is 5.80. The molecule has 0 amide bonds. The summed E-state index contributed by atoms with van der Waals surface area (Å²) < 4.78 is 11.7. The van der Waals surface area contributed by atoms with Crippen LogP contribution in [0.1, 0.15) is 6.92 Å². The molecule has 0 saturated carbocycles. The maximum atomic E-state index is 5.80. The second-order valence-corrected chi connectivity index (χ2v) is 4.56. The lowest BCUT2D eigenvalue weighted by molar-refractivity contribution is 0.259. The third-order valence-corrected chi connectivity index (χ3v) is 2.99. The molecule has 2 atom stereocenters. The molecule has 0 aliphatic carbocycles. The summed E-state index contributed by atoms with van der Waals surface area (Å²) in [6.07, 6.45) is 0.582. The van der Waals surface area contributed by atoms with Gasteiger partial charge in [0.1, 0.15) is 18.5 Å². The SMILES string of the molecule is CC1OC1COc1ccc(Cl)cc1Br. The summed E-state index contributed by atoms with van der Waals surface area (Å²) in [7, 11) is 0. The quantitative estimate of drug-likeness (QED) is 0.791. The average molecular weight is 278 g/mol. The largest absolute Gasteiger partial charge is 0.490 e. The zero-order valence-electron chi connectivity index (χ0n) is 7.67. The molecule has 76 valence electrons. The zero-order chi connectivity index (χ0) is 10.1. The summed E-state index contributed by atoms with van der Waals surface area (Å²) in [5, 5.41) is 0.695. The van der Waals surface area contributed by atoms with Gasteiger partial charge in [0.2, 0.25) is 0 Å². The fraction of sp³-hybridized carbons (Fsp3) is 0.400. The standard InChI is InChI=1S/C10H10BrClO2/c1-6-10(14-6)5-13-9-3-2-7(12)4-8(9)11/h2-4,6,10H,5H2,1H3. The second kappa shape index (κ2) is 4.09. The van der Waals surface area contributed by atoms with Crippen LogP contribution in [-0.4, -0.2) is 18.8 Å². The van der Waals surface area contributed by atoms with Crippen molar-refractivity contribution < 1.29 is 9.47 Å². The van der Waals surface area contributed by atoms with Gasteiger partial charge in [-0.25, -0.2) is 0 Å². The summed E-state index contributed by atoms with van der Waals surface area (Å²) in [5.41, 5.74) is 0. The predicted molar refractivity (Wildman–Crippen MR) is 59.0 cm³/mol. The first-order chi connectivity index (χ1) is 6.66. The Morgan fingerprint density at radius 1 is 1.57 bits per heavy atom. The number of hydrogen-bond donors (Lipinski definition) is 0. The highest BCUT2D eigenvalue weighted by Gasteiger charge is 2.34. The smallest absolute Gasteiger partial charge is 0.133 e. The Balaban J connectivity index is 1.95. The molecule has 0 N–H and O–H groups in total. The van der Waals surface area contributed by atoms with E-state index in [1.165, 1.54) is 0 Å². The number of halogens is 2. The van der Waals surface area contributed by atoms with Crippen molar-refractivity contribution in [3.63, 3.8) is 0 Å². The van der Waals surface area contributed by atoms with Crippen LogP contribution in [0, 0.1) is 0 Å². The number of epoxide rings is 1. The molecule has 14 heavy (non-hydrogen) atoms. The van der Waals surface area contributed by atoms with Crippen LogP contribution < -0.4 is 4.74 Å². The van der Waals surface area contributed by atoms with Crippen molar-refractivity contribution in [1.29, 1.82) is 0 Å². The molecule has 1 heterocycles. The van der Waals surface area contributed by atoms with E-state index in [0.29, 0.717) is 17.7 Å². The molecule has 2 unspecified atom stereocenters. The van der Waals surface area contributed by atoms with E-state index in [9.17, 15) is 0 Å². The third-order valence-electron chi connectivity index (χ3n) is 2.13. The van der Waals surface area contributed by atoms with Gasteiger partial charge in [-0.1, -0.05) is 11.6 Å². The molecule has 0 bridgehead atoms. The van der Waals surface area contributed by atoms with Gasteiger partial charge in [0.25, 0.3) is 0 Å². The second-order valence-electron chi connectivity index (χ2n) is 3.27. The van der Waals surface area contributed by atoms with Gasteiger partial charge in [-0.05, 0) is 41.1 Å². The molecule has 0 radical (unpaired) electrons. The minimum absolute atomic E-state index is 0.248. The Hall–Kier alpha value is -0.250. The Kier molecular flexibility index (Phi) is 3.00. The van der Waals surface area contributed by atoms with Crippen molar-refractivity contribution in [1.82, 2.24) is 0 Å². The van der Waals surface area contributed by atoms with E-state index < -0.39 is 0 Å². The normalized spacial score (nSPS) is 24.8. The van der Waals surface area contributed by atoms with Crippen LogP contribution in [0.4, 0.5) is 0 Å². The van der Waals surface area contributed by atoms with Gasteiger partial charge in [-0.3, -0.25) is 0 Å². The van der Waals surface area contributed by atoms with Gasteiger partial charge in [0.05, 0.1) is 10.6 Å². The highest BCUT2D eigenvalue weighted by molar-refractivity contribution is 9.10. The molecule has 1 aromatic carbocycles. The van der Waals surface area contributed by atoms with Crippen molar-refractivity contribution in [2.45, 2.75) is 19.1 Å². The molecule has 1 fully saturated rings. The van der Waals surface area contributed by atoms with Crippen LogP contribution in [0.2, 0.25) is 5.02 Å². The minimum Gasteiger partial charge on any atom is -0.490 e. The average Bonchev–Trinajstić information content (AvgIpc) is 2.80. The van der Waals surface area contributed by atoms with Gasteiger partial charge in [-0.15, -0.1) is 0 Å². The fourth-order valence-electron chi connectivity index (χ4n) is 1.17. The van der Waals surface area contributed by atoms with Crippen molar-refractivity contribution in [3.8, 4) is 5.75 Å². The van der Waals surface area contributed by atoms with Crippen LogP contribution in [0.3, 0.4) is 0 Å². The number of benzene rings is 1. The maximum Gasteiger partial charge on any atom is 0.133 e. The Morgan fingerprint density at radius 2 is 2.29 bits per heavy atom. The molecule has 2 rings (SSSR count). The van der Waals surface area contributed by atoms with Gasteiger partial charge in [0, 0.05) is 5.02 Å². The summed E-state index contributed by atoms with van der Waals surface area (Å²) >= 11 is 9.19.